The number of carbonyl (C=O) groups is 3. The lowest BCUT2D eigenvalue weighted by Crippen LogP contribution is -2.61. The highest BCUT2D eigenvalue weighted by Gasteiger charge is 2.39. The van der Waals surface area contributed by atoms with E-state index < -0.39 is 47.8 Å². The Kier molecular flexibility index (Phi) is 13.8. The van der Waals surface area contributed by atoms with E-state index in [9.17, 15) is 19.5 Å². The number of nitrogens with two attached hydrogens (primary N) is 1. The topological polar surface area (TPSA) is 150 Å². The summed E-state index contributed by atoms with van der Waals surface area (Å²) in [6, 6.07) is 19.7. The molecule has 3 aromatic rings. The van der Waals surface area contributed by atoms with Crippen molar-refractivity contribution < 1.29 is 24.2 Å². The lowest BCUT2D eigenvalue weighted by Gasteiger charge is -2.42. The number of pyridine rings is 1. The van der Waals surface area contributed by atoms with E-state index >= 15 is 0 Å². The van der Waals surface area contributed by atoms with Crippen LogP contribution in [-0.2, 0) is 38.5 Å². The predicted molar refractivity (Wildman–Crippen MR) is 205 cm³/mol. The second-order valence-corrected chi connectivity index (χ2v) is 16.2. The van der Waals surface area contributed by atoms with Gasteiger partial charge in [0.05, 0.1) is 12.1 Å². The van der Waals surface area contributed by atoms with Crippen molar-refractivity contribution in [1.29, 1.82) is 0 Å². The number of ether oxygens (including phenoxy) is 1. The Bertz CT molecular complexity index is 1650. The number of aliphatic hydroxyl groups excluding tert-OH is 1. The molecule has 5 rings (SSSR count). The van der Waals surface area contributed by atoms with E-state index in [4.69, 9.17) is 10.5 Å². The molecular formula is C42H58N6O5. The van der Waals surface area contributed by atoms with Gasteiger partial charge in [0.25, 0.3) is 0 Å². The van der Waals surface area contributed by atoms with Crippen LogP contribution in [0.3, 0.4) is 0 Å². The molecule has 2 amide bonds. The average molecular weight is 727 g/mol. The van der Waals surface area contributed by atoms with Crippen LogP contribution < -0.4 is 16.4 Å². The third-order valence-corrected chi connectivity index (χ3v) is 9.98. The van der Waals surface area contributed by atoms with Gasteiger partial charge in [-0.25, -0.2) is 0 Å². The molecule has 0 bridgehead atoms. The molecule has 11 nitrogen and oxygen atoms in total. The molecule has 53 heavy (non-hydrogen) atoms. The van der Waals surface area contributed by atoms with Gasteiger partial charge in [-0.3, -0.25) is 29.2 Å². The SMILES string of the molecule is CC(C)C[C@H](N)C(=O)O[C@@H]1Cc2ccccc2[C@@H]1NC(=O)[C@H](Cc1ccccc1)C[C@H](O)CN1CCN(Cc2cccnc2)C[C@H]1C(=O)NC(C)(C)C. The van der Waals surface area contributed by atoms with Gasteiger partial charge in [0, 0.05) is 63.0 Å². The van der Waals surface area contributed by atoms with Gasteiger partial charge in [0.2, 0.25) is 11.8 Å². The Balaban J connectivity index is 1.31. The van der Waals surface area contributed by atoms with Crippen molar-refractivity contribution in [2.45, 2.75) is 103 Å². The van der Waals surface area contributed by atoms with Crippen molar-refractivity contribution in [2.24, 2.45) is 17.6 Å². The maximum Gasteiger partial charge on any atom is 0.323 e. The third-order valence-electron chi connectivity index (χ3n) is 9.98. The van der Waals surface area contributed by atoms with E-state index in [0.29, 0.717) is 38.9 Å². The van der Waals surface area contributed by atoms with Crippen LogP contribution in [0.1, 0.15) is 75.8 Å². The third kappa shape index (κ3) is 11.7. The number of nitrogens with one attached hydrogen (secondary N) is 2. The molecular weight excluding hydrogens is 668 g/mol. The molecule has 2 aromatic carbocycles. The van der Waals surface area contributed by atoms with Gasteiger partial charge in [-0.15, -0.1) is 0 Å². The minimum absolute atomic E-state index is 0.0900. The number of piperazine rings is 1. The Morgan fingerprint density at radius 2 is 1.70 bits per heavy atom. The van der Waals surface area contributed by atoms with E-state index in [1.165, 1.54) is 0 Å². The van der Waals surface area contributed by atoms with Crippen LogP contribution >= 0.6 is 0 Å². The van der Waals surface area contributed by atoms with Crippen LogP contribution in [0, 0.1) is 11.8 Å². The smallest absolute Gasteiger partial charge is 0.323 e. The molecule has 0 saturated carbocycles. The van der Waals surface area contributed by atoms with E-state index in [-0.39, 0.29) is 30.7 Å². The molecule has 6 atom stereocenters. The molecule has 0 spiro atoms. The number of esters is 1. The number of hydrogen-bond acceptors (Lipinski definition) is 9. The average Bonchev–Trinajstić information content (AvgIpc) is 3.44. The van der Waals surface area contributed by atoms with E-state index in [0.717, 1.165) is 28.8 Å². The summed E-state index contributed by atoms with van der Waals surface area (Å²) in [7, 11) is 0. The maximum absolute atomic E-state index is 14.3. The Labute approximate surface area is 314 Å². The summed E-state index contributed by atoms with van der Waals surface area (Å²) >= 11 is 0. The molecule has 2 aliphatic rings. The lowest BCUT2D eigenvalue weighted by molar-refractivity contribution is -0.153. The van der Waals surface area contributed by atoms with E-state index in [1.807, 2.05) is 112 Å². The predicted octanol–water partition coefficient (Wildman–Crippen LogP) is 3.79. The monoisotopic (exact) mass is 726 g/mol. The highest BCUT2D eigenvalue weighted by Crippen LogP contribution is 2.34. The summed E-state index contributed by atoms with van der Waals surface area (Å²) in [5.74, 6) is -1.15. The van der Waals surface area contributed by atoms with Crippen LogP contribution in [0.4, 0.5) is 0 Å². The van der Waals surface area contributed by atoms with Crippen molar-refractivity contribution in [2.75, 3.05) is 26.2 Å². The van der Waals surface area contributed by atoms with Crippen molar-refractivity contribution >= 4 is 17.8 Å². The summed E-state index contributed by atoms with van der Waals surface area (Å²) in [6.07, 6.45) is 3.67. The first-order valence-electron chi connectivity index (χ1n) is 19.0. The first-order chi connectivity index (χ1) is 25.3. The van der Waals surface area contributed by atoms with Gasteiger partial charge in [-0.1, -0.05) is 74.5 Å². The molecule has 1 aliphatic heterocycles. The summed E-state index contributed by atoms with van der Waals surface area (Å²) < 4.78 is 5.98. The molecule has 11 heteroatoms. The van der Waals surface area contributed by atoms with Crippen molar-refractivity contribution in [1.82, 2.24) is 25.4 Å². The van der Waals surface area contributed by atoms with Gasteiger partial charge in [0.15, 0.2) is 0 Å². The van der Waals surface area contributed by atoms with Gasteiger partial charge in [-0.05, 0) is 74.3 Å². The molecule has 0 radical (unpaired) electrons. The number of nitrogens with zero attached hydrogens (tertiary/aromatic N) is 3. The zero-order valence-electron chi connectivity index (χ0n) is 31.9. The van der Waals surface area contributed by atoms with Gasteiger partial charge >= 0.3 is 5.97 Å². The molecule has 1 saturated heterocycles. The Morgan fingerprint density at radius 3 is 2.40 bits per heavy atom. The normalized spacial score (nSPS) is 21.0. The number of fused-ring (bicyclic) bond motifs is 1. The molecule has 2 heterocycles. The van der Waals surface area contributed by atoms with Crippen LogP contribution in [0.5, 0.6) is 0 Å². The largest absolute Gasteiger partial charge is 0.458 e. The van der Waals surface area contributed by atoms with Crippen LogP contribution in [0.2, 0.25) is 0 Å². The first-order valence-corrected chi connectivity index (χ1v) is 19.0. The highest BCUT2D eigenvalue weighted by molar-refractivity contribution is 5.83. The zero-order chi connectivity index (χ0) is 38.1. The first kappa shape index (κ1) is 40.0. The summed E-state index contributed by atoms with van der Waals surface area (Å²) in [6.45, 7) is 12.6. The fourth-order valence-electron chi connectivity index (χ4n) is 7.50. The molecule has 1 aromatic heterocycles. The summed E-state index contributed by atoms with van der Waals surface area (Å²) in [5.41, 5.74) is 9.74. The second kappa shape index (κ2) is 18.2. The number of amides is 2. The van der Waals surface area contributed by atoms with E-state index in [1.54, 1.807) is 6.20 Å². The number of β-amino-alcohol motifs (C(OH)–C–C–N with tert-alkyl or cyclic N) is 1. The van der Waals surface area contributed by atoms with Crippen molar-refractivity contribution in [3.05, 3.63) is 101 Å². The van der Waals surface area contributed by atoms with Crippen LogP contribution in [0.25, 0.3) is 0 Å². The molecule has 286 valence electrons. The number of carbonyl (C=O) groups excluding carboxylic acids is 3. The number of aromatic nitrogens is 1. The fraction of sp³-hybridized carbons (Fsp3) is 0.524. The number of aliphatic hydroxyl groups is 1. The van der Waals surface area contributed by atoms with Crippen molar-refractivity contribution in [3.8, 4) is 0 Å². The van der Waals surface area contributed by atoms with Gasteiger partial charge in [0.1, 0.15) is 18.2 Å². The highest BCUT2D eigenvalue weighted by atomic mass is 16.5. The molecule has 1 aliphatic carbocycles. The van der Waals surface area contributed by atoms with Gasteiger partial charge in [-0.2, -0.15) is 0 Å². The number of benzene rings is 2. The van der Waals surface area contributed by atoms with Crippen LogP contribution in [-0.4, -0.2) is 93.7 Å². The minimum Gasteiger partial charge on any atom is -0.458 e. The molecule has 0 unspecified atom stereocenters. The fourth-order valence-corrected chi connectivity index (χ4v) is 7.50. The lowest BCUT2D eigenvalue weighted by atomic mass is 9.91. The second-order valence-electron chi connectivity index (χ2n) is 16.2. The molecule has 5 N–H and O–H groups in total. The minimum atomic E-state index is -0.886. The molecule has 1 fully saturated rings. The summed E-state index contributed by atoms with van der Waals surface area (Å²) in [4.78, 5) is 49.6. The summed E-state index contributed by atoms with van der Waals surface area (Å²) in [5, 5.41) is 18.1. The number of hydrogen-bond donors (Lipinski definition) is 4. The van der Waals surface area contributed by atoms with E-state index in [2.05, 4.69) is 20.5 Å². The van der Waals surface area contributed by atoms with Crippen molar-refractivity contribution in [3.63, 3.8) is 0 Å². The number of rotatable bonds is 15. The van der Waals surface area contributed by atoms with Crippen LogP contribution in [0.15, 0.2) is 79.1 Å². The Hall–Kier alpha value is -4.16. The maximum atomic E-state index is 14.3. The van der Waals surface area contributed by atoms with Gasteiger partial charge < -0.3 is 26.2 Å². The quantitative estimate of drug-likeness (QED) is 0.172. The zero-order valence-corrected chi connectivity index (χ0v) is 31.9. The standard InChI is InChI=1S/C42H58N6O5/c1-28(2)20-35(43)41(52)53-37-23-31-15-9-10-16-34(31)38(37)45-39(50)32(21-29-12-7-6-8-13-29)22-33(49)26-48-19-18-47(25-30-14-11-17-44-24-30)27-36(48)40(51)46-42(3,4)5/h6-17,24,28,32-33,35-38,49H,18-23,25-27,43H2,1-5H3,(H,45,50)(H,46,51)/t32-,33+,35+,36+,37-,38+/m1/s1. The Morgan fingerprint density at radius 1 is 0.981 bits per heavy atom.